The van der Waals surface area contributed by atoms with E-state index in [2.05, 4.69) is 5.32 Å². The number of carboxylic acids is 1. The average molecular weight is 294 g/mol. The molecule has 1 aromatic rings. The van der Waals surface area contributed by atoms with E-state index in [4.69, 9.17) is 5.11 Å². The number of nitrogens with zero attached hydrogens (tertiary/aromatic N) is 1. The summed E-state index contributed by atoms with van der Waals surface area (Å²) in [4.78, 5) is 24.5. The van der Waals surface area contributed by atoms with Crippen LogP contribution in [0.5, 0.6) is 0 Å². The minimum absolute atomic E-state index is 0.0990. The maximum Gasteiger partial charge on any atom is 0.306 e. The lowest BCUT2D eigenvalue weighted by Crippen LogP contribution is -2.53. The minimum atomic E-state index is -0.802. The van der Waals surface area contributed by atoms with Crippen LogP contribution in [-0.4, -0.2) is 41.5 Å². The topological polar surface area (TPSA) is 69.6 Å². The van der Waals surface area contributed by atoms with Gasteiger partial charge in [-0.25, -0.2) is 4.39 Å². The molecular formula is C15H19FN2O3. The summed E-state index contributed by atoms with van der Waals surface area (Å²) in [7, 11) is 0. The number of halogens is 1. The summed E-state index contributed by atoms with van der Waals surface area (Å²) in [6.07, 6.45) is 0. The van der Waals surface area contributed by atoms with Crippen LogP contribution in [0.25, 0.3) is 0 Å². The molecule has 0 bridgehead atoms. The Hall–Kier alpha value is -1.95. The van der Waals surface area contributed by atoms with Crippen LogP contribution in [0.3, 0.4) is 0 Å². The first kappa shape index (κ1) is 15.4. The number of carbonyl (C=O) groups is 2. The Balaban J connectivity index is 1.70. The van der Waals surface area contributed by atoms with Gasteiger partial charge in [0, 0.05) is 25.2 Å². The number of hydrogen-bond acceptors (Lipinski definition) is 3. The Morgan fingerprint density at radius 3 is 2.71 bits per heavy atom. The molecule has 5 nitrogen and oxygen atoms in total. The van der Waals surface area contributed by atoms with Crippen LogP contribution in [0.1, 0.15) is 12.5 Å². The SMILES string of the molecule is CC(C(=O)O)C1CN(CC(=O)NCc2ccccc2F)C1. The summed E-state index contributed by atoms with van der Waals surface area (Å²) in [5, 5.41) is 11.6. The van der Waals surface area contributed by atoms with E-state index in [9.17, 15) is 14.0 Å². The van der Waals surface area contributed by atoms with E-state index in [1.807, 2.05) is 4.90 Å². The molecule has 1 aliphatic rings. The van der Waals surface area contributed by atoms with E-state index < -0.39 is 5.97 Å². The first-order valence-electron chi connectivity index (χ1n) is 6.92. The van der Waals surface area contributed by atoms with Crippen molar-refractivity contribution in [1.29, 1.82) is 0 Å². The minimum Gasteiger partial charge on any atom is -0.481 e. The third kappa shape index (κ3) is 4.01. The van der Waals surface area contributed by atoms with Crippen LogP contribution in [0.15, 0.2) is 24.3 Å². The quantitative estimate of drug-likeness (QED) is 0.824. The second-order valence-corrected chi connectivity index (χ2v) is 5.45. The Kier molecular flexibility index (Phi) is 4.90. The van der Waals surface area contributed by atoms with E-state index in [0.717, 1.165) is 0 Å². The highest BCUT2D eigenvalue weighted by atomic mass is 19.1. The van der Waals surface area contributed by atoms with Gasteiger partial charge in [-0.3, -0.25) is 14.5 Å². The second-order valence-electron chi connectivity index (χ2n) is 5.45. The third-order valence-corrected chi connectivity index (χ3v) is 3.88. The van der Waals surface area contributed by atoms with Gasteiger partial charge in [0.05, 0.1) is 12.5 Å². The Morgan fingerprint density at radius 2 is 2.10 bits per heavy atom. The summed E-state index contributed by atoms with van der Waals surface area (Å²) in [6, 6.07) is 6.31. The molecule has 1 fully saturated rings. The van der Waals surface area contributed by atoms with Crippen LogP contribution >= 0.6 is 0 Å². The predicted octanol–water partition coefficient (Wildman–Crippen LogP) is 1.09. The Labute approximate surface area is 122 Å². The fourth-order valence-corrected chi connectivity index (χ4v) is 2.35. The van der Waals surface area contributed by atoms with Crippen molar-refractivity contribution in [1.82, 2.24) is 10.2 Å². The van der Waals surface area contributed by atoms with Crippen molar-refractivity contribution < 1.29 is 19.1 Å². The summed E-state index contributed by atoms with van der Waals surface area (Å²) in [5.74, 6) is -1.61. The maximum absolute atomic E-state index is 13.4. The molecule has 2 N–H and O–H groups in total. The molecule has 1 aliphatic heterocycles. The smallest absolute Gasteiger partial charge is 0.306 e. The van der Waals surface area contributed by atoms with Crippen molar-refractivity contribution in [3.63, 3.8) is 0 Å². The number of carboxylic acid groups (broad SMARTS) is 1. The van der Waals surface area contributed by atoms with Gasteiger partial charge < -0.3 is 10.4 Å². The van der Waals surface area contributed by atoms with Gasteiger partial charge in [-0.05, 0) is 12.0 Å². The molecule has 21 heavy (non-hydrogen) atoms. The van der Waals surface area contributed by atoms with Crippen LogP contribution in [-0.2, 0) is 16.1 Å². The number of aliphatic carboxylic acids is 1. The van der Waals surface area contributed by atoms with E-state index >= 15 is 0 Å². The molecule has 6 heteroatoms. The first-order chi connectivity index (χ1) is 9.97. The Bertz CT molecular complexity index is 529. The standard InChI is InChI=1S/C15H19FN2O3/c1-10(15(20)21)12-7-18(8-12)9-14(19)17-6-11-4-2-3-5-13(11)16/h2-5,10,12H,6-9H2,1H3,(H,17,19)(H,20,21). The summed E-state index contributed by atoms with van der Waals surface area (Å²) in [6.45, 7) is 3.29. The lowest BCUT2D eigenvalue weighted by atomic mass is 9.87. The molecular weight excluding hydrogens is 275 g/mol. The lowest BCUT2D eigenvalue weighted by molar-refractivity contribution is -0.145. The molecule has 0 aliphatic carbocycles. The fourth-order valence-electron chi connectivity index (χ4n) is 2.35. The first-order valence-corrected chi connectivity index (χ1v) is 6.92. The van der Waals surface area contributed by atoms with Gasteiger partial charge in [-0.15, -0.1) is 0 Å². The van der Waals surface area contributed by atoms with Gasteiger partial charge in [0.15, 0.2) is 0 Å². The molecule has 1 heterocycles. The van der Waals surface area contributed by atoms with Crippen molar-refractivity contribution in [3.05, 3.63) is 35.6 Å². The average Bonchev–Trinajstić information content (AvgIpc) is 2.40. The van der Waals surface area contributed by atoms with Crippen molar-refractivity contribution in [3.8, 4) is 0 Å². The zero-order valence-electron chi connectivity index (χ0n) is 11.9. The van der Waals surface area contributed by atoms with Crippen LogP contribution in [0, 0.1) is 17.7 Å². The molecule has 2 rings (SSSR count). The van der Waals surface area contributed by atoms with Gasteiger partial charge >= 0.3 is 5.97 Å². The molecule has 0 saturated carbocycles. The van der Waals surface area contributed by atoms with E-state index in [1.54, 1.807) is 25.1 Å². The Morgan fingerprint density at radius 1 is 1.43 bits per heavy atom. The molecule has 1 atom stereocenters. The molecule has 1 aromatic carbocycles. The van der Waals surface area contributed by atoms with Crippen LogP contribution < -0.4 is 5.32 Å². The van der Waals surface area contributed by atoms with E-state index in [0.29, 0.717) is 18.7 Å². The monoisotopic (exact) mass is 294 g/mol. The summed E-state index contributed by atoms with van der Waals surface area (Å²) in [5.41, 5.74) is 0.451. The van der Waals surface area contributed by atoms with E-state index in [1.165, 1.54) is 6.07 Å². The normalized spacial score (nSPS) is 17.0. The fraction of sp³-hybridized carbons (Fsp3) is 0.467. The number of benzene rings is 1. The van der Waals surface area contributed by atoms with Gasteiger partial charge in [-0.1, -0.05) is 25.1 Å². The van der Waals surface area contributed by atoms with Crippen molar-refractivity contribution >= 4 is 11.9 Å². The highest BCUT2D eigenvalue weighted by Gasteiger charge is 2.35. The molecule has 1 unspecified atom stereocenters. The second kappa shape index (κ2) is 6.67. The molecule has 1 saturated heterocycles. The van der Waals surface area contributed by atoms with Crippen molar-refractivity contribution in [2.75, 3.05) is 19.6 Å². The van der Waals surface area contributed by atoms with E-state index in [-0.39, 0.29) is 36.6 Å². The van der Waals surface area contributed by atoms with Gasteiger partial charge in [-0.2, -0.15) is 0 Å². The molecule has 114 valence electrons. The molecule has 1 amide bonds. The zero-order chi connectivity index (χ0) is 15.4. The zero-order valence-corrected chi connectivity index (χ0v) is 11.9. The van der Waals surface area contributed by atoms with Gasteiger partial charge in [0.2, 0.25) is 5.91 Å². The largest absolute Gasteiger partial charge is 0.481 e. The molecule has 0 spiro atoms. The number of likely N-dealkylation sites (tertiary alicyclic amines) is 1. The highest BCUT2D eigenvalue weighted by molar-refractivity contribution is 5.78. The van der Waals surface area contributed by atoms with Gasteiger partial charge in [0.1, 0.15) is 5.82 Å². The number of nitrogens with one attached hydrogen (secondary N) is 1. The highest BCUT2D eigenvalue weighted by Crippen LogP contribution is 2.23. The summed E-state index contributed by atoms with van der Waals surface area (Å²) >= 11 is 0. The number of amides is 1. The summed E-state index contributed by atoms with van der Waals surface area (Å²) < 4.78 is 13.4. The van der Waals surface area contributed by atoms with Crippen LogP contribution in [0.4, 0.5) is 4.39 Å². The number of hydrogen-bond donors (Lipinski definition) is 2. The maximum atomic E-state index is 13.4. The van der Waals surface area contributed by atoms with Crippen molar-refractivity contribution in [2.45, 2.75) is 13.5 Å². The third-order valence-electron chi connectivity index (χ3n) is 3.88. The van der Waals surface area contributed by atoms with Crippen LogP contribution in [0.2, 0.25) is 0 Å². The molecule has 0 radical (unpaired) electrons. The molecule has 0 aromatic heterocycles. The lowest BCUT2D eigenvalue weighted by Gasteiger charge is -2.40. The van der Waals surface area contributed by atoms with Gasteiger partial charge in [0.25, 0.3) is 0 Å². The van der Waals surface area contributed by atoms with Crippen molar-refractivity contribution in [2.24, 2.45) is 11.8 Å². The number of rotatable bonds is 6. The predicted molar refractivity (Wildman–Crippen MR) is 75.0 cm³/mol. The number of carbonyl (C=O) groups excluding carboxylic acids is 1.